The van der Waals surface area contributed by atoms with Gasteiger partial charge in [0.2, 0.25) is 8.32 Å². The third-order valence-corrected chi connectivity index (χ3v) is 8.85. The quantitative estimate of drug-likeness (QED) is 0.804. The Labute approximate surface area is 144 Å². The van der Waals surface area contributed by atoms with Crippen LogP contribution < -0.4 is 10.5 Å². The van der Waals surface area contributed by atoms with Crippen molar-refractivity contribution < 1.29 is 4.43 Å². The lowest BCUT2D eigenvalue weighted by Gasteiger charge is -2.54. The van der Waals surface area contributed by atoms with Crippen molar-refractivity contribution in [2.75, 3.05) is 0 Å². The number of benzene rings is 1. The van der Waals surface area contributed by atoms with Crippen molar-refractivity contribution in [1.29, 1.82) is 0 Å². The van der Waals surface area contributed by atoms with E-state index in [-0.39, 0.29) is 11.1 Å². The highest BCUT2D eigenvalue weighted by Gasteiger charge is 2.48. The van der Waals surface area contributed by atoms with Crippen molar-refractivity contribution in [2.45, 2.75) is 84.2 Å². The van der Waals surface area contributed by atoms with E-state index in [0.717, 1.165) is 19.3 Å². The van der Waals surface area contributed by atoms with Gasteiger partial charge in [0.15, 0.2) is 0 Å². The van der Waals surface area contributed by atoms with E-state index in [1.54, 1.807) is 0 Å². The van der Waals surface area contributed by atoms with Gasteiger partial charge in [0.1, 0.15) is 0 Å². The van der Waals surface area contributed by atoms with Gasteiger partial charge in [-0.1, -0.05) is 51.1 Å². The smallest absolute Gasteiger partial charge is 0.218 e. The van der Waals surface area contributed by atoms with Crippen LogP contribution in [-0.4, -0.2) is 25.5 Å². The molecule has 1 aliphatic heterocycles. The number of piperidine rings is 1. The second kappa shape index (κ2) is 6.70. The first-order valence-electron chi connectivity index (χ1n) is 9.18. The number of nitrogens with one attached hydrogen (secondary N) is 1. The van der Waals surface area contributed by atoms with Crippen molar-refractivity contribution in [3.05, 3.63) is 30.3 Å². The van der Waals surface area contributed by atoms with Crippen molar-refractivity contribution >= 4 is 13.5 Å². The largest absolute Gasteiger partial charge is 0.410 e. The van der Waals surface area contributed by atoms with E-state index < -0.39 is 8.32 Å². The molecule has 0 aliphatic carbocycles. The maximum absolute atomic E-state index is 6.87. The molecule has 0 radical (unpaired) electrons. The highest BCUT2D eigenvalue weighted by molar-refractivity contribution is 6.84. The van der Waals surface area contributed by atoms with Gasteiger partial charge in [-0.05, 0) is 57.3 Å². The summed E-state index contributed by atoms with van der Waals surface area (Å²) in [5.74, 6) is 0.516. The molecule has 0 bridgehead atoms. The lowest BCUT2D eigenvalue weighted by atomic mass is 9.70. The molecule has 0 aromatic heterocycles. The van der Waals surface area contributed by atoms with Gasteiger partial charge in [-0.25, -0.2) is 0 Å². The van der Waals surface area contributed by atoms with Crippen LogP contribution in [0.25, 0.3) is 0 Å². The van der Waals surface area contributed by atoms with Gasteiger partial charge in [-0.2, -0.15) is 0 Å². The monoisotopic (exact) mass is 333 g/mol. The SMILES string of the molecule is CCC1(C)CC(O[Si](C)(C)c2ccccc2)C(C)C(C)(CC)N1. The van der Waals surface area contributed by atoms with Crippen molar-refractivity contribution in [2.24, 2.45) is 5.92 Å². The average Bonchev–Trinajstić information content (AvgIpc) is 2.53. The molecule has 1 N–H and O–H groups in total. The lowest BCUT2D eigenvalue weighted by molar-refractivity contribution is -0.0170. The zero-order valence-electron chi connectivity index (χ0n) is 16.1. The van der Waals surface area contributed by atoms with Crippen molar-refractivity contribution in [3.8, 4) is 0 Å². The molecule has 1 fully saturated rings. The van der Waals surface area contributed by atoms with Crippen LogP contribution in [0.5, 0.6) is 0 Å². The minimum absolute atomic E-state index is 0.148. The summed E-state index contributed by atoms with van der Waals surface area (Å²) in [7, 11) is -1.89. The maximum atomic E-state index is 6.87. The number of hydrogen-bond donors (Lipinski definition) is 1. The molecule has 0 saturated carbocycles. The highest BCUT2D eigenvalue weighted by atomic mass is 28.4. The van der Waals surface area contributed by atoms with E-state index in [0.29, 0.717) is 12.0 Å². The Kier molecular flexibility index (Phi) is 5.44. The molecule has 1 saturated heterocycles. The molecule has 2 rings (SSSR count). The molecule has 130 valence electrons. The van der Waals surface area contributed by atoms with Crippen molar-refractivity contribution in [3.63, 3.8) is 0 Å². The molecule has 4 atom stereocenters. The summed E-state index contributed by atoms with van der Waals surface area (Å²) in [5, 5.41) is 5.34. The Balaban J connectivity index is 2.26. The van der Waals surface area contributed by atoms with E-state index >= 15 is 0 Å². The van der Waals surface area contributed by atoms with Gasteiger partial charge in [0, 0.05) is 11.1 Å². The van der Waals surface area contributed by atoms with Crippen LogP contribution in [0.15, 0.2) is 30.3 Å². The van der Waals surface area contributed by atoms with Gasteiger partial charge >= 0.3 is 0 Å². The summed E-state index contributed by atoms with van der Waals surface area (Å²) in [6.45, 7) is 16.4. The van der Waals surface area contributed by atoms with Gasteiger partial charge < -0.3 is 9.74 Å². The van der Waals surface area contributed by atoms with Crippen LogP contribution in [0.1, 0.15) is 53.9 Å². The van der Waals surface area contributed by atoms with Crippen molar-refractivity contribution in [1.82, 2.24) is 5.32 Å². The average molecular weight is 334 g/mol. The molecular formula is C20H35NOSi. The van der Waals surface area contributed by atoms with Gasteiger partial charge in [-0.3, -0.25) is 0 Å². The summed E-state index contributed by atoms with van der Waals surface area (Å²) in [5.41, 5.74) is 0.317. The lowest BCUT2D eigenvalue weighted by Crippen LogP contribution is -2.67. The summed E-state index contributed by atoms with van der Waals surface area (Å²) in [4.78, 5) is 0. The summed E-state index contributed by atoms with van der Waals surface area (Å²) < 4.78 is 6.87. The van der Waals surface area contributed by atoms with Crippen LogP contribution in [0, 0.1) is 5.92 Å². The highest BCUT2D eigenvalue weighted by Crippen LogP contribution is 2.39. The summed E-state index contributed by atoms with van der Waals surface area (Å²) in [6, 6.07) is 10.8. The standard InChI is InChI=1S/C20H35NOSi/c1-8-19(4)15-18(16(3)20(5,9-2)21-19)22-23(6,7)17-13-11-10-12-14-17/h10-14,16,18,21H,8-9,15H2,1-7H3. The predicted octanol–water partition coefficient (Wildman–Crippen LogP) is 4.45. The third kappa shape index (κ3) is 3.89. The van der Waals surface area contributed by atoms with Crippen LogP contribution in [0.4, 0.5) is 0 Å². The first kappa shape index (κ1) is 18.7. The Bertz CT molecular complexity index is 518. The van der Waals surface area contributed by atoms with Crippen LogP contribution in [-0.2, 0) is 4.43 Å². The molecule has 3 heteroatoms. The molecular weight excluding hydrogens is 298 g/mol. The number of rotatable bonds is 5. The zero-order chi connectivity index (χ0) is 17.3. The van der Waals surface area contributed by atoms with E-state index in [1.165, 1.54) is 5.19 Å². The predicted molar refractivity (Wildman–Crippen MR) is 103 cm³/mol. The first-order chi connectivity index (χ1) is 10.7. The van der Waals surface area contributed by atoms with E-state index in [9.17, 15) is 0 Å². The molecule has 0 spiro atoms. The van der Waals surface area contributed by atoms with Crippen LogP contribution >= 0.6 is 0 Å². The minimum Gasteiger partial charge on any atom is -0.410 e. The third-order valence-electron chi connectivity index (χ3n) is 6.23. The molecule has 23 heavy (non-hydrogen) atoms. The van der Waals surface area contributed by atoms with Gasteiger partial charge in [0.25, 0.3) is 0 Å². The van der Waals surface area contributed by atoms with E-state index in [4.69, 9.17) is 4.43 Å². The van der Waals surface area contributed by atoms with Gasteiger partial charge in [0.05, 0.1) is 6.10 Å². The summed E-state index contributed by atoms with van der Waals surface area (Å²) in [6.07, 6.45) is 3.70. The Morgan fingerprint density at radius 2 is 1.74 bits per heavy atom. The molecule has 4 unspecified atom stereocenters. The molecule has 1 aromatic carbocycles. The molecule has 1 aliphatic rings. The molecule has 1 aromatic rings. The molecule has 0 amide bonds. The Morgan fingerprint density at radius 3 is 2.26 bits per heavy atom. The summed E-state index contributed by atoms with van der Waals surface area (Å²) >= 11 is 0. The molecule has 2 nitrogen and oxygen atoms in total. The minimum atomic E-state index is -1.89. The number of hydrogen-bond acceptors (Lipinski definition) is 2. The zero-order valence-corrected chi connectivity index (χ0v) is 17.1. The first-order valence-corrected chi connectivity index (χ1v) is 12.1. The second-order valence-corrected chi connectivity index (χ2v) is 12.2. The van der Waals surface area contributed by atoms with Crippen LogP contribution in [0.2, 0.25) is 13.1 Å². The van der Waals surface area contributed by atoms with E-state index in [2.05, 4.69) is 83.4 Å². The Hall–Kier alpha value is -0.643. The maximum Gasteiger partial charge on any atom is 0.218 e. The normalized spacial score (nSPS) is 35.3. The fourth-order valence-electron chi connectivity index (χ4n) is 3.96. The van der Waals surface area contributed by atoms with Gasteiger partial charge in [-0.15, -0.1) is 0 Å². The fourth-order valence-corrected chi connectivity index (χ4v) is 6.13. The van der Waals surface area contributed by atoms with E-state index in [1.807, 2.05) is 0 Å². The van der Waals surface area contributed by atoms with Crippen LogP contribution in [0.3, 0.4) is 0 Å². The molecule has 1 heterocycles. The topological polar surface area (TPSA) is 21.3 Å². The fraction of sp³-hybridized carbons (Fsp3) is 0.700. The second-order valence-electron chi connectivity index (χ2n) is 8.34. The Morgan fingerprint density at radius 1 is 1.13 bits per heavy atom.